The summed E-state index contributed by atoms with van der Waals surface area (Å²) < 4.78 is 7.36. The van der Waals surface area contributed by atoms with Crippen LogP contribution in [-0.4, -0.2) is 50.7 Å². The largest absolute Gasteiger partial charge is 0.379 e. The van der Waals surface area contributed by atoms with Crippen molar-refractivity contribution >= 4 is 0 Å². The number of nitrogens with zero attached hydrogens (tertiary/aromatic N) is 5. The molecule has 0 amide bonds. The molecule has 0 unspecified atom stereocenters. The average molecular weight is 287 g/mol. The summed E-state index contributed by atoms with van der Waals surface area (Å²) >= 11 is 0. The molecule has 1 aliphatic heterocycles. The Hall–Kier alpha value is -1.79. The van der Waals surface area contributed by atoms with E-state index in [4.69, 9.17) is 4.74 Å². The van der Waals surface area contributed by atoms with Gasteiger partial charge in [0.1, 0.15) is 0 Å². The normalized spacial score (nSPS) is 21.3. The lowest BCUT2D eigenvalue weighted by atomic mass is 10.1. The minimum Gasteiger partial charge on any atom is -0.379 e. The van der Waals surface area contributed by atoms with Crippen molar-refractivity contribution in [2.75, 3.05) is 19.8 Å². The Bertz CT molecular complexity index is 570. The van der Waals surface area contributed by atoms with Gasteiger partial charge in [0.25, 0.3) is 0 Å². The summed E-state index contributed by atoms with van der Waals surface area (Å²) in [5, 5.41) is 8.57. The second kappa shape index (κ2) is 6.32. The molecule has 0 aromatic carbocycles. The third-order valence-electron chi connectivity index (χ3n) is 3.99. The van der Waals surface area contributed by atoms with E-state index in [1.54, 1.807) is 6.20 Å². The molecule has 2 atom stereocenters. The fourth-order valence-electron chi connectivity index (χ4n) is 2.56. The van der Waals surface area contributed by atoms with E-state index in [2.05, 4.69) is 40.1 Å². The molecule has 6 nitrogen and oxygen atoms in total. The number of morpholine rings is 1. The smallest absolute Gasteiger partial charge is 0.0967 e. The molecule has 112 valence electrons. The van der Waals surface area contributed by atoms with Gasteiger partial charge < -0.3 is 4.74 Å². The maximum Gasteiger partial charge on any atom is 0.0967 e. The Balaban J connectivity index is 1.68. The molecule has 6 heteroatoms. The van der Waals surface area contributed by atoms with Crippen LogP contribution in [-0.2, 0) is 11.3 Å². The third kappa shape index (κ3) is 3.28. The van der Waals surface area contributed by atoms with Gasteiger partial charge in [-0.25, -0.2) is 4.68 Å². The maximum atomic E-state index is 5.46. The van der Waals surface area contributed by atoms with Crippen molar-refractivity contribution in [2.24, 2.45) is 0 Å². The average Bonchev–Trinajstić information content (AvgIpc) is 2.98. The summed E-state index contributed by atoms with van der Waals surface area (Å²) in [6.45, 7) is 7.65. The summed E-state index contributed by atoms with van der Waals surface area (Å²) in [5.74, 6) is 0. The Morgan fingerprint density at radius 2 is 2.38 bits per heavy atom. The second-order valence-corrected chi connectivity index (χ2v) is 5.55. The monoisotopic (exact) mass is 287 g/mol. The summed E-state index contributed by atoms with van der Waals surface area (Å²) in [7, 11) is 0. The molecule has 1 saturated heterocycles. The summed E-state index contributed by atoms with van der Waals surface area (Å²) in [6.07, 6.45) is 5.68. The van der Waals surface area contributed by atoms with Gasteiger partial charge >= 0.3 is 0 Å². The number of hydrogen-bond donors (Lipinski definition) is 0. The molecule has 1 aliphatic rings. The summed E-state index contributed by atoms with van der Waals surface area (Å²) in [5.41, 5.74) is 2.13. The Labute approximate surface area is 124 Å². The Morgan fingerprint density at radius 1 is 1.48 bits per heavy atom. The maximum absolute atomic E-state index is 5.46. The molecule has 1 fully saturated rings. The van der Waals surface area contributed by atoms with Gasteiger partial charge in [0, 0.05) is 31.5 Å². The summed E-state index contributed by atoms with van der Waals surface area (Å²) in [6, 6.07) is 4.57. The Morgan fingerprint density at radius 3 is 3.14 bits per heavy atom. The van der Waals surface area contributed by atoms with Gasteiger partial charge in [-0.05, 0) is 25.5 Å². The molecule has 0 spiro atoms. The number of rotatable bonds is 4. The lowest BCUT2D eigenvalue weighted by Crippen LogP contribution is -2.42. The van der Waals surface area contributed by atoms with Crippen molar-refractivity contribution < 1.29 is 4.74 Å². The zero-order valence-corrected chi connectivity index (χ0v) is 12.5. The van der Waals surface area contributed by atoms with Crippen molar-refractivity contribution in [3.63, 3.8) is 0 Å². The molecule has 2 aromatic heterocycles. The molecule has 0 N–H and O–H groups in total. The zero-order valence-electron chi connectivity index (χ0n) is 12.5. The highest BCUT2D eigenvalue weighted by Gasteiger charge is 2.20. The number of hydrogen-bond acceptors (Lipinski definition) is 5. The van der Waals surface area contributed by atoms with Gasteiger partial charge in [-0.2, -0.15) is 0 Å². The highest BCUT2D eigenvalue weighted by Crippen LogP contribution is 2.16. The standard InChI is InChI=1S/C15H21N5O/c1-12-11-21-7-6-19(12)9-15-10-20(18-17-15)13(2)14-4-3-5-16-8-14/h3-5,8,10,12-13H,6-7,9,11H2,1-2H3/t12-,13+/m1/s1. The fourth-order valence-corrected chi connectivity index (χ4v) is 2.56. The van der Waals surface area contributed by atoms with Crippen LogP contribution in [0.15, 0.2) is 30.7 Å². The minimum atomic E-state index is 0.141. The summed E-state index contributed by atoms with van der Waals surface area (Å²) in [4.78, 5) is 6.54. The number of ether oxygens (including phenoxy) is 1. The van der Waals surface area contributed by atoms with Gasteiger partial charge in [0.2, 0.25) is 0 Å². The van der Waals surface area contributed by atoms with Gasteiger partial charge in [-0.1, -0.05) is 11.3 Å². The molecule has 21 heavy (non-hydrogen) atoms. The quantitative estimate of drug-likeness (QED) is 0.853. The molecule has 0 aliphatic carbocycles. The first kappa shape index (κ1) is 14.2. The third-order valence-corrected chi connectivity index (χ3v) is 3.99. The molecular weight excluding hydrogens is 266 g/mol. The lowest BCUT2D eigenvalue weighted by Gasteiger charge is -2.32. The molecule has 0 radical (unpaired) electrons. The highest BCUT2D eigenvalue weighted by atomic mass is 16.5. The first-order valence-corrected chi connectivity index (χ1v) is 7.36. The lowest BCUT2D eigenvalue weighted by molar-refractivity contribution is -0.00492. The fraction of sp³-hybridized carbons (Fsp3) is 0.533. The van der Waals surface area contributed by atoms with E-state index in [1.165, 1.54) is 0 Å². The van der Waals surface area contributed by atoms with Crippen LogP contribution in [0.4, 0.5) is 0 Å². The topological polar surface area (TPSA) is 56.1 Å². The molecule has 3 heterocycles. The molecular formula is C15H21N5O. The van der Waals surface area contributed by atoms with E-state index in [0.717, 1.165) is 37.6 Å². The van der Waals surface area contributed by atoms with E-state index < -0.39 is 0 Å². The van der Waals surface area contributed by atoms with E-state index in [9.17, 15) is 0 Å². The first-order chi connectivity index (χ1) is 10.2. The predicted octanol–water partition coefficient (Wildman–Crippen LogP) is 1.50. The first-order valence-electron chi connectivity index (χ1n) is 7.36. The molecule has 2 aromatic rings. The number of pyridine rings is 1. The highest BCUT2D eigenvalue weighted by molar-refractivity contribution is 5.14. The van der Waals surface area contributed by atoms with Gasteiger partial charge in [0.15, 0.2) is 0 Å². The number of aromatic nitrogens is 4. The van der Waals surface area contributed by atoms with Crippen LogP contribution in [0, 0.1) is 0 Å². The van der Waals surface area contributed by atoms with Crippen LogP contribution in [0.2, 0.25) is 0 Å². The van der Waals surface area contributed by atoms with Crippen LogP contribution in [0.5, 0.6) is 0 Å². The van der Waals surface area contributed by atoms with Crippen molar-refractivity contribution in [2.45, 2.75) is 32.5 Å². The van der Waals surface area contributed by atoms with Crippen LogP contribution in [0.25, 0.3) is 0 Å². The van der Waals surface area contributed by atoms with Crippen molar-refractivity contribution in [1.82, 2.24) is 24.9 Å². The van der Waals surface area contributed by atoms with Crippen molar-refractivity contribution in [3.05, 3.63) is 42.0 Å². The van der Waals surface area contributed by atoms with Crippen molar-refractivity contribution in [1.29, 1.82) is 0 Å². The van der Waals surface area contributed by atoms with E-state index in [1.807, 2.05) is 23.1 Å². The van der Waals surface area contributed by atoms with E-state index >= 15 is 0 Å². The van der Waals surface area contributed by atoms with Gasteiger partial charge in [0.05, 0.1) is 31.1 Å². The molecule has 0 saturated carbocycles. The van der Waals surface area contributed by atoms with Crippen LogP contribution < -0.4 is 0 Å². The van der Waals surface area contributed by atoms with Crippen molar-refractivity contribution in [3.8, 4) is 0 Å². The molecule has 3 rings (SSSR count). The second-order valence-electron chi connectivity index (χ2n) is 5.55. The predicted molar refractivity (Wildman–Crippen MR) is 78.8 cm³/mol. The molecule has 0 bridgehead atoms. The zero-order chi connectivity index (χ0) is 14.7. The van der Waals surface area contributed by atoms with Crippen LogP contribution >= 0.6 is 0 Å². The van der Waals surface area contributed by atoms with Gasteiger partial charge in [-0.15, -0.1) is 5.10 Å². The van der Waals surface area contributed by atoms with E-state index in [-0.39, 0.29) is 6.04 Å². The Kier molecular flexibility index (Phi) is 4.26. The van der Waals surface area contributed by atoms with Crippen LogP contribution in [0.1, 0.15) is 31.1 Å². The SMILES string of the molecule is C[C@@H]1COCCN1Cc1cn([C@@H](C)c2cccnc2)nn1. The van der Waals surface area contributed by atoms with E-state index in [0.29, 0.717) is 6.04 Å². The van der Waals surface area contributed by atoms with Gasteiger partial charge in [-0.3, -0.25) is 9.88 Å². The minimum absolute atomic E-state index is 0.141. The van der Waals surface area contributed by atoms with Crippen LogP contribution in [0.3, 0.4) is 0 Å².